The Kier molecular flexibility index (Phi) is 4.56. The highest BCUT2D eigenvalue weighted by Gasteiger charge is 2.10. The molecule has 0 aliphatic rings. The van der Waals surface area contributed by atoms with Crippen molar-refractivity contribution in [2.24, 2.45) is 0 Å². The van der Waals surface area contributed by atoms with E-state index in [0.29, 0.717) is 23.7 Å². The van der Waals surface area contributed by atoms with Gasteiger partial charge < -0.3 is 15.2 Å². The Labute approximate surface area is 139 Å². The van der Waals surface area contributed by atoms with Gasteiger partial charge in [0.25, 0.3) is 5.91 Å². The molecule has 6 nitrogen and oxygen atoms in total. The molecule has 122 valence electrons. The number of aromatic nitrogens is 2. The second kappa shape index (κ2) is 6.95. The summed E-state index contributed by atoms with van der Waals surface area (Å²) in [6.07, 6.45) is 3.20. The highest BCUT2D eigenvalue weighted by molar-refractivity contribution is 6.04. The van der Waals surface area contributed by atoms with E-state index >= 15 is 0 Å². The van der Waals surface area contributed by atoms with E-state index in [1.165, 1.54) is 17.3 Å². The molecule has 0 spiro atoms. The van der Waals surface area contributed by atoms with Crippen LogP contribution in [0.1, 0.15) is 27.2 Å². The largest absolute Gasteiger partial charge is 0.380 e. The Balaban J connectivity index is 1.66. The first-order chi connectivity index (χ1) is 11.6. The van der Waals surface area contributed by atoms with Crippen LogP contribution in [0.25, 0.3) is 0 Å². The number of nitrogens with one attached hydrogen (secondary N) is 2. The van der Waals surface area contributed by atoms with Gasteiger partial charge in [0.1, 0.15) is 5.76 Å². The second-order valence-electron chi connectivity index (χ2n) is 5.58. The molecule has 0 aliphatic carbocycles. The third-order valence-electron chi connectivity index (χ3n) is 3.45. The van der Waals surface area contributed by atoms with E-state index < -0.39 is 0 Å². The maximum absolute atomic E-state index is 12.2. The molecule has 3 rings (SSSR count). The van der Waals surface area contributed by atoms with Crippen LogP contribution < -0.4 is 10.6 Å². The van der Waals surface area contributed by atoms with Crippen LogP contribution in [0.15, 0.2) is 53.3 Å². The molecule has 0 aliphatic heterocycles. The molecule has 0 radical (unpaired) electrons. The molecule has 0 saturated carbocycles. The van der Waals surface area contributed by atoms with Crippen molar-refractivity contribution < 1.29 is 9.32 Å². The van der Waals surface area contributed by atoms with Gasteiger partial charge in [-0.25, -0.2) is 0 Å². The Hall–Kier alpha value is -3.15. The van der Waals surface area contributed by atoms with Crippen LogP contribution in [0.4, 0.5) is 11.5 Å². The molecule has 2 heterocycles. The highest BCUT2D eigenvalue weighted by Crippen LogP contribution is 2.14. The van der Waals surface area contributed by atoms with E-state index in [0.717, 1.165) is 5.69 Å². The zero-order valence-corrected chi connectivity index (χ0v) is 13.5. The summed E-state index contributed by atoms with van der Waals surface area (Å²) in [4.78, 5) is 16.3. The number of amides is 1. The molecule has 0 saturated heterocycles. The van der Waals surface area contributed by atoms with E-state index in [9.17, 15) is 4.79 Å². The third-order valence-corrected chi connectivity index (χ3v) is 3.45. The zero-order chi connectivity index (χ0) is 16.9. The predicted octanol–water partition coefficient (Wildman–Crippen LogP) is 3.55. The first kappa shape index (κ1) is 15.7. The molecule has 0 unspecified atom stereocenters. The Bertz CT molecular complexity index is 857. The normalized spacial score (nSPS) is 10.4. The maximum Gasteiger partial charge on any atom is 0.258 e. The van der Waals surface area contributed by atoms with Gasteiger partial charge in [-0.15, -0.1) is 0 Å². The smallest absolute Gasteiger partial charge is 0.258 e. The van der Waals surface area contributed by atoms with Crippen LogP contribution in [0.5, 0.6) is 0 Å². The van der Waals surface area contributed by atoms with Crippen LogP contribution in [-0.2, 0) is 6.54 Å². The van der Waals surface area contributed by atoms with Gasteiger partial charge in [-0.05, 0) is 25.5 Å². The van der Waals surface area contributed by atoms with Crippen molar-refractivity contribution in [3.8, 4) is 0 Å². The van der Waals surface area contributed by atoms with E-state index in [4.69, 9.17) is 4.52 Å². The quantitative estimate of drug-likeness (QED) is 0.751. The van der Waals surface area contributed by atoms with Crippen molar-refractivity contribution in [2.45, 2.75) is 20.4 Å². The van der Waals surface area contributed by atoms with Crippen molar-refractivity contribution in [1.29, 1.82) is 0 Å². The van der Waals surface area contributed by atoms with Gasteiger partial charge in [0.05, 0.1) is 11.3 Å². The van der Waals surface area contributed by atoms with E-state index in [2.05, 4.69) is 45.9 Å². The Morgan fingerprint density at radius 1 is 1.17 bits per heavy atom. The summed E-state index contributed by atoms with van der Waals surface area (Å²) in [5.74, 6) is 0.739. The van der Waals surface area contributed by atoms with Crippen LogP contribution in [-0.4, -0.2) is 16.0 Å². The minimum Gasteiger partial charge on any atom is -0.380 e. The monoisotopic (exact) mass is 322 g/mol. The summed E-state index contributed by atoms with van der Waals surface area (Å²) in [6, 6.07) is 11.7. The van der Waals surface area contributed by atoms with E-state index in [1.54, 1.807) is 25.3 Å². The lowest BCUT2D eigenvalue weighted by molar-refractivity contribution is 0.102. The number of hydrogen-bond donors (Lipinski definition) is 2. The molecule has 1 amide bonds. The Morgan fingerprint density at radius 2 is 2.04 bits per heavy atom. The van der Waals surface area contributed by atoms with Crippen molar-refractivity contribution in [1.82, 2.24) is 10.1 Å². The summed E-state index contributed by atoms with van der Waals surface area (Å²) in [5, 5.41) is 9.70. The topological polar surface area (TPSA) is 80.0 Å². The number of nitrogens with zero attached hydrogens (tertiary/aromatic N) is 2. The lowest BCUT2D eigenvalue weighted by Crippen LogP contribution is -2.13. The minimum atomic E-state index is -0.282. The standard InChI is InChI=1S/C18H18N4O2/c1-12-4-3-5-14(6-12)9-20-16-8-15(10-19-11-16)18(23)21-17-7-13(2)24-22-17/h3-8,10-11,20H,9H2,1-2H3,(H,21,22,23). The summed E-state index contributed by atoms with van der Waals surface area (Å²) in [6.45, 7) is 4.48. The van der Waals surface area contributed by atoms with Crippen LogP contribution >= 0.6 is 0 Å². The van der Waals surface area contributed by atoms with Gasteiger partial charge >= 0.3 is 0 Å². The number of rotatable bonds is 5. The summed E-state index contributed by atoms with van der Waals surface area (Å²) >= 11 is 0. The van der Waals surface area contributed by atoms with Crippen molar-refractivity contribution in [3.63, 3.8) is 0 Å². The minimum absolute atomic E-state index is 0.282. The third kappa shape index (κ3) is 3.98. The average molecular weight is 322 g/mol. The SMILES string of the molecule is Cc1cccc(CNc2cncc(C(=O)Nc3cc(C)on3)c2)c1. The fourth-order valence-corrected chi connectivity index (χ4v) is 2.30. The Morgan fingerprint density at radius 3 is 2.79 bits per heavy atom. The van der Waals surface area contributed by atoms with Crippen molar-refractivity contribution in [2.75, 3.05) is 10.6 Å². The van der Waals surface area contributed by atoms with Crippen molar-refractivity contribution >= 4 is 17.4 Å². The number of carbonyl (C=O) groups excluding carboxylic acids is 1. The molecular formula is C18H18N4O2. The average Bonchev–Trinajstić information content (AvgIpc) is 2.98. The number of benzene rings is 1. The van der Waals surface area contributed by atoms with Gasteiger partial charge in [0.2, 0.25) is 0 Å². The number of anilines is 2. The molecule has 2 N–H and O–H groups in total. The molecule has 0 fully saturated rings. The van der Waals surface area contributed by atoms with Crippen LogP contribution in [0.3, 0.4) is 0 Å². The van der Waals surface area contributed by atoms with Gasteiger partial charge in [-0.3, -0.25) is 9.78 Å². The summed E-state index contributed by atoms with van der Waals surface area (Å²) < 4.78 is 4.93. The van der Waals surface area contributed by atoms with Gasteiger partial charge in [-0.1, -0.05) is 35.0 Å². The van der Waals surface area contributed by atoms with Gasteiger partial charge in [0.15, 0.2) is 5.82 Å². The molecule has 2 aromatic heterocycles. The summed E-state index contributed by atoms with van der Waals surface area (Å²) in [7, 11) is 0. The van der Waals surface area contributed by atoms with Gasteiger partial charge in [-0.2, -0.15) is 0 Å². The highest BCUT2D eigenvalue weighted by atomic mass is 16.5. The van der Waals surface area contributed by atoms with E-state index in [-0.39, 0.29) is 5.91 Å². The molecule has 0 bridgehead atoms. The molecule has 1 aromatic carbocycles. The van der Waals surface area contributed by atoms with Gasteiger partial charge in [0, 0.05) is 25.0 Å². The maximum atomic E-state index is 12.2. The molecule has 24 heavy (non-hydrogen) atoms. The van der Waals surface area contributed by atoms with Crippen LogP contribution in [0, 0.1) is 13.8 Å². The number of pyridine rings is 1. The zero-order valence-electron chi connectivity index (χ0n) is 13.5. The van der Waals surface area contributed by atoms with E-state index in [1.807, 2.05) is 6.07 Å². The first-order valence-electron chi connectivity index (χ1n) is 7.59. The first-order valence-corrected chi connectivity index (χ1v) is 7.59. The lowest BCUT2D eigenvalue weighted by atomic mass is 10.1. The predicted molar refractivity (Wildman–Crippen MR) is 91.9 cm³/mol. The number of carbonyl (C=O) groups is 1. The molecule has 0 atom stereocenters. The number of aryl methyl sites for hydroxylation is 2. The van der Waals surface area contributed by atoms with Crippen molar-refractivity contribution in [3.05, 3.63) is 71.2 Å². The number of hydrogen-bond acceptors (Lipinski definition) is 5. The lowest BCUT2D eigenvalue weighted by Gasteiger charge is -2.08. The molecular weight excluding hydrogens is 304 g/mol. The fourth-order valence-electron chi connectivity index (χ4n) is 2.30. The fraction of sp³-hybridized carbons (Fsp3) is 0.167. The van der Waals surface area contributed by atoms with Crippen LogP contribution in [0.2, 0.25) is 0 Å². The summed E-state index contributed by atoms with van der Waals surface area (Å²) in [5.41, 5.74) is 3.61. The molecule has 3 aromatic rings. The second-order valence-corrected chi connectivity index (χ2v) is 5.58. The molecule has 6 heteroatoms.